The Morgan fingerprint density at radius 3 is 2.44 bits per heavy atom. The third-order valence-electron chi connectivity index (χ3n) is 7.27. The molecule has 0 unspecified atom stereocenters. The van der Waals surface area contributed by atoms with Gasteiger partial charge in [-0.3, -0.25) is 19.3 Å². The fourth-order valence-electron chi connectivity index (χ4n) is 5.54. The summed E-state index contributed by atoms with van der Waals surface area (Å²) in [5, 5.41) is 0. The van der Waals surface area contributed by atoms with Gasteiger partial charge in [-0.25, -0.2) is 0 Å². The summed E-state index contributed by atoms with van der Waals surface area (Å²) in [6.45, 7) is 0.948. The van der Waals surface area contributed by atoms with Gasteiger partial charge in [-0.15, -0.1) is 0 Å². The SMILES string of the molecule is COc1ccc2c(c1OC)C(=O)N1c3ccccc3C(=O)N(CC(=O)N3CCc4ccccc4C3)[C@@H]21. The molecule has 3 aliphatic rings. The number of nitrogens with zero attached hydrogens (tertiary/aromatic N) is 3. The summed E-state index contributed by atoms with van der Waals surface area (Å²) >= 11 is 0. The summed E-state index contributed by atoms with van der Waals surface area (Å²) in [4.78, 5) is 45.9. The van der Waals surface area contributed by atoms with Crippen LogP contribution in [0.3, 0.4) is 0 Å². The number of carbonyl (C=O) groups excluding carboxylic acids is 3. The topological polar surface area (TPSA) is 79.4 Å². The molecule has 0 aliphatic carbocycles. The number of amides is 3. The van der Waals surface area contributed by atoms with Gasteiger partial charge in [-0.2, -0.15) is 0 Å². The lowest BCUT2D eigenvalue weighted by atomic mass is 9.99. The van der Waals surface area contributed by atoms with Crippen molar-refractivity contribution in [2.75, 3.05) is 32.2 Å². The quantitative estimate of drug-likeness (QED) is 0.568. The van der Waals surface area contributed by atoms with Crippen LogP contribution in [0.5, 0.6) is 11.5 Å². The molecule has 8 heteroatoms. The van der Waals surface area contributed by atoms with Gasteiger partial charge in [0, 0.05) is 18.7 Å². The van der Waals surface area contributed by atoms with Crippen molar-refractivity contribution in [3.05, 3.63) is 88.5 Å². The lowest BCUT2D eigenvalue weighted by Crippen LogP contribution is -2.52. The zero-order chi connectivity index (χ0) is 25.0. The Labute approximate surface area is 208 Å². The van der Waals surface area contributed by atoms with E-state index in [-0.39, 0.29) is 24.3 Å². The average Bonchev–Trinajstić information content (AvgIpc) is 3.22. The summed E-state index contributed by atoms with van der Waals surface area (Å²) < 4.78 is 11.0. The average molecular weight is 484 g/mol. The lowest BCUT2D eigenvalue weighted by Gasteiger charge is -2.41. The molecule has 0 fully saturated rings. The molecule has 3 amide bonds. The van der Waals surface area contributed by atoms with E-state index in [1.54, 1.807) is 46.2 Å². The van der Waals surface area contributed by atoms with Crippen molar-refractivity contribution >= 4 is 23.4 Å². The van der Waals surface area contributed by atoms with E-state index in [1.165, 1.54) is 24.7 Å². The summed E-state index contributed by atoms with van der Waals surface area (Å²) in [6.07, 6.45) is 0.0164. The molecule has 0 bridgehead atoms. The Morgan fingerprint density at radius 1 is 0.917 bits per heavy atom. The predicted molar refractivity (Wildman–Crippen MR) is 132 cm³/mol. The normalized spacial score (nSPS) is 17.8. The van der Waals surface area contributed by atoms with E-state index in [0.717, 1.165) is 12.0 Å². The van der Waals surface area contributed by atoms with Crippen LogP contribution in [0.1, 0.15) is 43.6 Å². The van der Waals surface area contributed by atoms with E-state index in [0.29, 0.717) is 47.0 Å². The van der Waals surface area contributed by atoms with Gasteiger partial charge in [0.1, 0.15) is 12.7 Å². The van der Waals surface area contributed by atoms with Crippen LogP contribution >= 0.6 is 0 Å². The van der Waals surface area contributed by atoms with Crippen LogP contribution < -0.4 is 14.4 Å². The molecule has 0 radical (unpaired) electrons. The van der Waals surface area contributed by atoms with Gasteiger partial charge in [0.15, 0.2) is 11.5 Å². The molecular weight excluding hydrogens is 458 g/mol. The number of hydrogen-bond donors (Lipinski definition) is 0. The van der Waals surface area contributed by atoms with Gasteiger partial charge in [0.2, 0.25) is 5.91 Å². The predicted octanol–water partition coefficient (Wildman–Crippen LogP) is 3.40. The minimum absolute atomic E-state index is 0.141. The molecule has 6 rings (SSSR count). The molecule has 0 spiro atoms. The van der Waals surface area contributed by atoms with E-state index in [4.69, 9.17) is 9.47 Å². The van der Waals surface area contributed by atoms with Crippen LogP contribution in [0.15, 0.2) is 60.7 Å². The highest BCUT2D eigenvalue weighted by Gasteiger charge is 2.50. The standard InChI is InChI=1S/C28H25N3O5/c1-35-22-12-11-20-24(25(22)36-2)28(34)31-21-10-6-5-9-19(21)27(33)30(26(20)31)16-23(32)29-14-13-17-7-3-4-8-18(17)15-29/h3-12,26H,13-16H2,1-2H3/t26-/m1/s1. The number of carbonyl (C=O) groups is 3. The van der Waals surface area contributed by atoms with Crippen molar-refractivity contribution in [2.45, 2.75) is 19.1 Å². The summed E-state index contributed by atoms with van der Waals surface area (Å²) in [7, 11) is 2.99. The first-order chi connectivity index (χ1) is 17.5. The number of hydrogen-bond acceptors (Lipinski definition) is 5. The molecule has 0 saturated heterocycles. The molecule has 0 aromatic heterocycles. The molecule has 3 aliphatic heterocycles. The first-order valence-corrected chi connectivity index (χ1v) is 11.9. The second kappa shape index (κ2) is 8.41. The third kappa shape index (κ3) is 3.17. The molecule has 3 aromatic rings. The van der Waals surface area contributed by atoms with E-state index in [2.05, 4.69) is 6.07 Å². The zero-order valence-electron chi connectivity index (χ0n) is 20.1. The second-order valence-electron chi connectivity index (χ2n) is 9.10. The smallest absolute Gasteiger partial charge is 0.264 e. The Hall–Kier alpha value is -4.33. The first kappa shape index (κ1) is 22.2. The Bertz CT molecular complexity index is 1420. The number of anilines is 1. The molecule has 3 aromatic carbocycles. The second-order valence-corrected chi connectivity index (χ2v) is 9.10. The highest BCUT2D eigenvalue weighted by molar-refractivity contribution is 6.18. The van der Waals surface area contributed by atoms with Crippen LogP contribution in [0, 0.1) is 0 Å². The number of methoxy groups -OCH3 is 2. The molecule has 3 heterocycles. The van der Waals surface area contributed by atoms with Crippen LogP contribution in [0.25, 0.3) is 0 Å². The zero-order valence-corrected chi connectivity index (χ0v) is 20.1. The summed E-state index contributed by atoms with van der Waals surface area (Å²) in [5.74, 6) is 0.0126. The fraction of sp³-hybridized carbons (Fsp3) is 0.250. The number of ether oxygens (including phenoxy) is 2. The highest BCUT2D eigenvalue weighted by atomic mass is 16.5. The molecule has 0 saturated carbocycles. The minimum atomic E-state index is -0.754. The van der Waals surface area contributed by atoms with Crippen molar-refractivity contribution in [3.8, 4) is 11.5 Å². The van der Waals surface area contributed by atoms with Crippen LogP contribution in [0.4, 0.5) is 5.69 Å². The van der Waals surface area contributed by atoms with Crippen LogP contribution in [-0.2, 0) is 17.8 Å². The van der Waals surface area contributed by atoms with Gasteiger partial charge in [0.05, 0.1) is 31.0 Å². The van der Waals surface area contributed by atoms with Gasteiger partial charge in [0.25, 0.3) is 11.8 Å². The van der Waals surface area contributed by atoms with E-state index in [1.807, 2.05) is 18.2 Å². The number of rotatable bonds is 4. The van der Waals surface area contributed by atoms with Crippen LogP contribution in [0.2, 0.25) is 0 Å². The van der Waals surface area contributed by atoms with Crippen LogP contribution in [-0.4, -0.2) is 54.8 Å². The van der Waals surface area contributed by atoms with Crippen molar-refractivity contribution in [1.82, 2.24) is 9.80 Å². The maximum atomic E-state index is 13.8. The van der Waals surface area contributed by atoms with Crippen molar-refractivity contribution < 1.29 is 23.9 Å². The van der Waals surface area contributed by atoms with Crippen molar-refractivity contribution in [1.29, 1.82) is 0 Å². The van der Waals surface area contributed by atoms with E-state index >= 15 is 0 Å². The van der Waals surface area contributed by atoms with Gasteiger partial charge in [-0.05, 0) is 35.7 Å². The number of benzene rings is 3. The minimum Gasteiger partial charge on any atom is -0.493 e. The molecule has 182 valence electrons. The van der Waals surface area contributed by atoms with Crippen molar-refractivity contribution in [3.63, 3.8) is 0 Å². The number of para-hydroxylation sites is 1. The number of fused-ring (bicyclic) bond motifs is 6. The highest BCUT2D eigenvalue weighted by Crippen LogP contribution is 2.49. The Balaban J connectivity index is 1.41. The largest absolute Gasteiger partial charge is 0.493 e. The summed E-state index contributed by atoms with van der Waals surface area (Å²) in [5.41, 5.74) is 4.22. The lowest BCUT2D eigenvalue weighted by molar-refractivity contribution is -0.133. The third-order valence-corrected chi connectivity index (χ3v) is 7.27. The maximum absolute atomic E-state index is 13.8. The molecule has 36 heavy (non-hydrogen) atoms. The Kier molecular flexibility index (Phi) is 5.17. The Morgan fingerprint density at radius 2 is 1.67 bits per heavy atom. The molecule has 1 atom stereocenters. The fourth-order valence-corrected chi connectivity index (χ4v) is 5.54. The van der Waals surface area contributed by atoms with Gasteiger partial charge in [-0.1, -0.05) is 42.5 Å². The van der Waals surface area contributed by atoms with E-state index < -0.39 is 6.17 Å². The summed E-state index contributed by atoms with van der Waals surface area (Å²) in [6, 6.07) is 18.6. The molecule has 0 N–H and O–H groups in total. The van der Waals surface area contributed by atoms with Gasteiger partial charge < -0.3 is 19.3 Å². The maximum Gasteiger partial charge on any atom is 0.264 e. The van der Waals surface area contributed by atoms with Gasteiger partial charge >= 0.3 is 0 Å². The monoisotopic (exact) mass is 483 g/mol. The van der Waals surface area contributed by atoms with E-state index in [9.17, 15) is 14.4 Å². The first-order valence-electron chi connectivity index (χ1n) is 11.9. The van der Waals surface area contributed by atoms with Crippen molar-refractivity contribution in [2.24, 2.45) is 0 Å². The molecule has 8 nitrogen and oxygen atoms in total. The molecular formula is C28H25N3O5.